The summed E-state index contributed by atoms with van der Waals surface area (Å²) in [5.74, 6) is -0.576. The molecule has 19 heavy (non-hydrogen) atoms. The number of esters is 2. The van der Waals surface area contributed by atoms with E-state index in [1.165, 1.54) is 0 Å². The van der Waals surface area contributed by atoms with Crippen LogP contribution in [0, 0.1) is 11.8 Å². The fourth-order valence-corrected chi connectivity index (χ4v) is 2.50. The van der Waals surface area contributed by atoms with Gasteiger partial charge in [-0.05, 0) is 18.2 Å². The van der Waals surface area contributed by atoms with Crippen molar-refractivity contribution in [1.29, 1.82) is 0 Å². The minimum atomic E-state index is -0.361. The lowest BCUT2D eigenvalue weighted by Crippen LogP contribution is -2.28. The number of benzene rings is 1. The Morgan fingerprint density at radius 2 is 2.00 bits per heavy atom. The van der Waals surface area contributed by atoms with Crippen molar-refractivity contribution in [2.75, 3.05) is 6.61 Å². The molecule has 3 rings (SSSR count). The van der Waals surface area contributed by atoms with Gasteiger partial charge < -0.3 is 9.47 Å². The summed E-state index contributed by atoms with van der Waals surface area (Å²) >= 11 is 0. The van der Waals surface area contributed by atoms with Gasteiger partial charge in [-0.2, -0.15) is 0 Å². The molecule has 0 aromatic heterocycles. The van der Waals surface area contributed by atoms with Crippen LogP contribution in [0.4, 0.5) is 0 Å². The van der Waals surface area contributed by atoms with E-state index in [0.717, 1.165) is 0 Å². The van der Waals surface area contributed by atoms with Crippen LogP contribution in [-0.4, -0.2) is 24.6 Å². The molecule has 98 valence electrons. The Morgan fingerprint density at radius 1 is 1.21 bits per heavy atom. The zero-order valence-electron chi connectivity index (χ0n) is 10.3. The van der Waals surface area contributed by atoms with Gasteiger partial charge >= 0.3 is 11.9 Å². The predicted molar refractivity (Wildman–Crippen MR) is 67.3 cm³/mol. The third-order valence-corrected chi connectivity index (χ3v) is 3.56. The van der Waals surface area contributed by atoms with Crippen LogP contribution < -0.4 is 0 Å². The summed E-state index contributed by atoms with van der Waals surface area (Å²) in [7, 11) is 0. The molecule has 1 fully saturated rings. The molecule has 1 aromatic carbocycles. The average Bonchev–Trinajstić information content (AvgIpc) is 2.81. The van der Waals surface area contributed by atoms with Crippen LogP contribution in [-0.2, 0) is 14.3 Å². The van der Waals surface area contributed by atoms with E-state index in [9.17, 15) is 9.59 Å². The van der Waals surface area contributed by atoms with Crippen LogP contribution in [0.25, 0.3) is 0 Å². The van der Waals surface area contributed by atoms with Gasteiger partial charge in [0.15, 0.2) is 0 Å². The third kappa shape index (κ3) is 2.38. The summed E-state index contributed by atoms with van der Waals surface area (Å²) in [5.41, 5.74) is 0.520. The SMILES string of the molecule is O=C(O[C@@H]1C=C[C@@H]2COC(=O)[C@H]2C1)c1ccccc1. The second kappa shape index (κ2) is 4.88. The maximum atomic E-state index is 11.9. The zero-order chi connectivity index (χ0) is 13.2. The van der Waals surface area contributed by atoms with Crippen LogP contribution in [0.15, 0.2) is 42.5 Å². The summed E-state index contributed by atoms with van der Waals surface area (Å²) < 4.78 is 10.4. The maximum absolute atomic E-state index is 11.9. The second-order valence-corrected chi connectivity index (χ2v) is 4.83. The molecule has 0 amide bonds. The normalized spacial score (nSPS) is 28.6. The van der Waals surface area contributed by atoms with Gasteiger partial charge in [0.25, 0.3) is 0 Å². The maximum Gasteiger partial charge on any atom is 0.338 e. The monoisotopic (exact) mass is 258 g/mol. The number of hydrogen-bond acceptors (Lipinski definition) is 4. The van der Waals surface area contributed by atoms with Gasteiger partial charge in [0.2, 0.25) is 0 Å². The first-order chi connectivity index (χ1) is 9.24. The molecule has 2 aliphatic rings. The first-order valence-electron chi connectivity index (χ1n) is 6.35. The van der Waals surface area contributed by atoms with Crippen molar-refractivity contribution in [3.8, 4) is 0 Å². The van der Waals surface area contributed by atoms with E-state index in [1.54, 1.807) is 24.3 Å². The number of hydrogen-bond donors (Lipinski definition) is 0. The predicted octanol–water partition coefficient (Wildman–Crippen LogP) is 1.96. The Balaban J connectivity index is 1.67. The van der Waals surface area contributed by atoms with E-state index in [2.05, 4.69) is 0 Å². The van der Waals surface area contributed by atoms with Crippen LogP contribution in [0.5, 0.6) is 0 Å². The minimum absolute atomic E-state index is 0.138. The fraction of sp³-hybridized carbons (Fsp3) is 0.333. The van der Waals surface area contributed by atoms with Gasteiger partial charge in [-0.3, -0.25) is 4.79 Å². The molecule has 0 N–H and O–H groups in total. The molecule has 4 nitrogen and oxygen atoms in total. The third-order valence-electron chi connectivity index (χ3n) is 3.56. The summed E-state index contributed by atoms with van der Waals surface area (Å²) in [5, 5.41) is 0. The molecular formula is C15H14O4. The number of ether oxygens (including phenoxy) is 2. The zero-order valence-corrected chi connectivity index (χ0v) is 10.3. The Hall–Kier alpha value is -2.10. The van der Waals surface area contributed by atoms with Crippen molar-refractivity contribution >= 4 is 11.9 Å². The lowest BCUT2D eigenvalue weighted by Gasteiger charge is -2.23. The number of carbonyl (C=O) groups excluding carboxylic acids is 2. The first-order valence-corrected chi connectivity index (χ1v) is 6.35. The molecule has 1 aliphatic heterocycles. The topological polar surface area (TPSA) is 52.6 Å². The number of cyclic esters (lactones) is 1. The highest BCUT2D eigenvalue weighted by atomic mass is 16.5. The average molecular weight is 258 g/mol. The second-order valence-electron chi connectivity index (χ2n) is 4.83. The Bertz CT molecular complexity index is 520. The van der Waals surface area contributed by atoms with E-state index in [-0.39, 0.29) is 29.9 Å². The molecule has 1 aromatic rings. The molecule has 0 saturated carbocycles. The highest BCUT2D eigenvalue weighted by molar-refractivity contribution is 5.89. The smallest absolute Gasteiger partial charge is 0.338 e. The highest BCUT2D eigenvalue weighted by Gasteiger charge is 2.39. The quantitative estimate of drug-likeness (QED) is 0.601. The Kier molecular flexibility index (Phi) is 3.07. The molecule has 4 heteroatoms. The number of rotatable bonds is 2. The van der Waals surface area contributed by atoms with Gasteiger partial charge in [0.05, 0.1) is 18.1 Å². The summed E-state index contributed by atoms with van der Waals surface area (Å²) in [6.45, 7) is 0.444. The van der Waals surface area contributed by atoms with Crippen LogP contribution in [0.2, 0.25) is 0 Å². The van der Waals surface area contributed by atoms with Crippen molar-refractivity contribution in [3.63, 3.8) is 0 Å². The van der Waals surface area contributed by atoms with E-state index in [4.69, 9.17) is 9.47 Å². The summed E-state index contributed by atoms with van der Waals surface area (Å²) in [6.07, 6.45) is 3.93. The first kappa shape index (κ1) is 12.0. The van der Waals surface area contributed by atoms with Crippen molar-refractivity contribution in [3.05, 3.63) is 48.0 Å². The molecular weight excluding hydrogens is 244 g/mol. The van der Waals surface area contributed by atoms with Crippen molar-refractivity contribution in [2.45, 2.75) is 12.5 Å². The molecule has 0 spiro atoms. The lowest BCUT2D eigenvalue weighted by atomic mass is 9.85. The van der Waals surface area contributed by atoms with Crippen molar-refractivity contribution in [2.24, 2.45) is 11.8 Å². The van der Waals surface area contributed by atoms with Gasteiger partial charge in [-0.25, -0.2) is 4.79 Å². The van der Waals surface area contributed by atoms with Crippen molar-refractivity contribution in [1.82, 2.24) is 0 Å². The Labute approximate surface area is 111 Å². The van der Waals surface area contributed by atoms with E-state index in [1.807, 2.05) is 18.2 Å². The molecule has 1 heterocycles. The van der Waals surface area contributed by atoms with Crippen LogP contribution >= 0.6 is 0 Å². The molecule has 0 unspecified atom stereocenters. The number of fused-ring (bicyclic) bond motifs is 1. The molecule has 1 aliphatic carbocycles. The van der Waals surface area contributed by atoms with E-state index in [0.29, 0.717) is 18.6 Å². The molecule has 0 bridgehead atoms. The summed E-state index contributed by atoms with van der Waals surface area (Å²) in [6, 6.07) is 8.84. The van der Waals surface area contributed by atoms with Gasteiger partial charge in [-0.1, -0.05) is 24.3 Å². The van der Waals surface area contributed by atoms with Crippen LogP contribution in [0.3, 0.4) is 0 Å². The largest absolute Gasteiger partial charge is 0.465 e. The van der Waals surface area contributed by atoms with E-state index >= 15 is 0 Å². The minimum Gasteiger partial charge on any atom is -0.465 e. The van der Waals surface area contributed by atoms with Gasteiger partial charge in [0, 0.05) is 12.3 Å². The van der Waals surface area contributed by atoms with Crippen molar-refractivity contribution < 1.29 is 19.1 Å². The molecule has 1 saturated heterocycles. The fourth-order valence-electron chi connectivity index (χ4n) is 2.50. The molecule has 3 atom stereocenters. The summed E-state index contributed by atoms with van der Waals surface area (Å²) in [4.78, 5) is 23.4. The highest BCUT2D eigenvalue weighted by Crippen LogP contribution is 2.32. The standard InChI is InChI=1S/C15H14O4/c16-14(10-4-2-1-3-5-10)19-12-7-6-11-9-18-15(17)13(11)8-12/h1-7,11-13H,8-9H2/t11-,12-,13+/m1/s1. The van der Waals surface area contributed by atoms with Gasteiger partial charge in [0.1, 0.15) is 6.10 Å². The number of carbonyl (C=O) groups is 2. The van der Waals surface area contributed by atoms with Gasteiger partial charge in [-0.15, -0.1) is 0 Å². The Morgan fingerprint density at radius 3 is 2.79 bits per heavy atom. The lowest BCUT2D eigenvalue weighted by molar-refractivity contribution is -0.142. The molecule has 0 radical (unpaired) electrons. The van der Waals surface area contributed by atoms with Crippen LogP contribution in [0.1, 0.15) is 16.8 Å². The van der Waals surface area contributed by atoms with E-state index < -0.39 is 0 Å².